The van der Waals surface area contributed by atoms with E-state index in [1.54, 1.807) is 6.07 Å². The van der Waals surface area contributed by atoms with Crippen LogP contribution in [0.3, 0.4) is 0 Å². The maximum Gasteiger partial charge on any atom is 0.412 e. The average molecular weight is 596 g/mol. The van der Waals surface area contributed by atoms with Gasteiger partial charge in [-0.25, -0.2) is 18.3 Å². The normalized spacial score (nSPS) is 21.2. The summed E-state index contributed by atoms with van der Waals surface area (Å²) in [6.45, 7) is -0.700. The highest BCUT2D eigenvalue weighted by molar-refractivity contribution is 8.45. The van der Waals surface area contributed by atoms with Gasteiger partial charge < -0.3 is 10.5 Å². The maximum absolute atomic E-state index is 13.3. The second-order valence-corrected chi connectivity index (χ2v) is 11.9. The molecule has 0 saturated heterocycles. The number of benzene rings is 1. The average Bonchev–Trinajstić information content (AvgIpc) is 3.62. The van der Waals surface area contributed by atoms with Crippen LogP contribution in [0.4, 0.5) is 38.8 Å². The monoisotopic (exact) mass is 595 g/mol. The fourth-order valence-corrected chi connectivity index (χ4v) is 5.16. The first-order valence-electron chi connectivity index (χ1n) is 10.1. The fraction of sp³-hybridized carbons (Fsp3) is 0.368. The van der Waals surface area contributed by atoms with Gasteiger partial charge in [0.2, 0.25) is 5.91 Å². The topological polar surface area (TPSA) is 123 Å². The summed E-state index contributed by atoms with van der Waals surface area (Å²) in [5.74, 6) is -5.74. The number of hydrogen-bond donors (Lipinski definition) is 2. The third-order valence-electron chi connectivity index (χ3n) is 5.93. The van der Waals surface area contributed by atoms with Crippen LogP contribution in [0.1, 0.15) is 30.5 Å². The Kier molecular flexibility index (Phi) is 5.56. The molecule has 2 fully saturated rings. The number of carbonyl (C=O) groups is 2. The molecule has 4 rings (SSSR count). The SMILES string of the molecule is N#Cc1nn(-c2c(Cl)cc(S(F)(F)(F)(F)F)cc2Cl)c(NC(=O)OCC2CC2(F)F)c1C1(C(N)=O)CC1. The van der Waals surface area contributed by atoms with Gasteiger partial charge in [0.25, 0.3) is 5.92 Å². The molecule has 0 spiro atoms. The molecule has 0 bridgehead atoms. The van der Waals surface area contributed by atoms with Gasteiger partial charge in [-0.15, -0.1) is 0 Å². The zero-order valence-corrected chi connectivity index (χ0v) is 20.3. The minimum atomic E-state index is -10.2. The summed E-state index contributed by atoms with van der Waals surface area (Å²) in [4.78, 5) is 22.2. The number of amides is 2. The van der Waals surface area contributed by atoms with Crippen molar-refractivity contribution >= 4 is 51.2 Å². The van der Waals surface area contributed by atoms with Crippen LogP contribution < -0.4 is 11.1 Å². The number of primary amides is 1. The molecule has 202 valence electrons. The Hall–Kier alpha value is -2.90. The molecule has 18 heteroatoms. The van der Waals surface area contributed by atoms with Gasteiger partial charge in [0, 0.05) is 12.0 Å². The molecule has 1 aromatic carbocycles. The largest absolute Gasteiger partial charge is 0.449 e. The van der Waals surface area contributed by atoms with E-state index in [9.17, 15) is 43.1 Å². The number of aromatic nitrogens is 2. The zero-order valence-electron chi connectivity index (χ0n) is 18.0. The Morgan fingerprint density at radius 2 is 1.76 bits per heavy atom. The van der Waals surface area contributed by atoms with Crippen molar-refractivity contribution in [1.82, 2.24) is 9.78 Å². The number of rotatable bonds is 7. The number of nitrogens with zero attached hydrogens (tertiary/aromatic N) is 3. The van der Waals surface area contributed by atoms with Crippen molar-refractivity contribution in [2.75, 3.05) is 11.9 Å². The van der Waals surface area contributed by atoms with Crippen LogP contribution in [-0.2, 0) is 14.9 Å². The Morgan fingerprint density at radius 3 is 2.16 bits per heavy atom. The first-order chi connectivity index (χ1) is 16.7. The molecular formula is C19H14Cl2F7N5O3S. The van der Waals surface area contributed by atoms with E-state index in [4.69, 9.17) is 33.7 Å². The molecule has 8 nitrogen and oxygen atoms in total. The molecule has 1 aromatic heterocycles. The summed E-state index contributed by atoms with van der Waals surface area (Å²) in [5.41, 5.74) is 2.48. The van der Waals surface area contributed by atoms with Crippen molar-refractivity contribution in [3.05, 3.63) is 33.4 Å². The molecular weight excluding hydrogens is 582 g/mol. The van der Waals surface area contributed by atoms with Crippen molar-refractivity contribution in [3.63, 3.8) is 0 Å². The highest BCUT2D eigenvalue weighted by Crippen LogP contribution is 3.02. The molecule has 0 aliphatic heterocycles. The first-order valence-corrected chi connectivity index (χ1v) is 12.8. The van der Waals surface area contributed by atoms with Crippen LogP contribution in [0.2, 0.25) is 10.0 Å². The first kappa shape index (κ1) is 27.1. The van der Waals surface area contributed by atoms with Crippen molar-refractivity contribution < 1.29 is 42.5 Å². The third kappa shape index (κ3) is 4.99. The van der Waals surface area contributed by atoms with Gasteiger partial charge in [0.15, 0.2) is 5.69 Å². The zero-order chi connectivity index (χ0) is 27.8. The Morgan fingerprint density at radius 1 is 1.22 bits per heavy atom. The number of nitriles is 1. The van der Waals surface area contributed by atoms with Crippen LogP contribution in [0.5, 0.6) is 0 Å². The second kappa shape index (κ2) is 7.58. The molecule has 2 amide bonds. The van der Waals surface area contributed by atoms with Crippen LogP contribution in [-0.4, -0.2) is 34.3 Å². The predicted molar refractivity (Wildman–Crippen MR) is 118 cm³/mol. The van der Waals surface area contributed by atoms with Crippen LogP contribution in [0.15, 0.2) is 17.0 Å². The summed E-state index contributed by atoms with van der Waals surface area (Å²) < 4.78 is 98.1. The molecule has 2 aromatic rings. The van der Waals surface area contributed by atoms with Crippen LogP contribution in [0, 0.1) is 17.2 Å². The molecule has 2 saturated carbocycles. The molecule has 37 heavy (non-hydrogen) atoms. The lowest BCUT2D eigenvalue weighted by Gasteiger charge is -2.40. The Bertz CT molecular complexity index is 1380. The Labute approximate surface area is 213 Å². The molecule has 0 radical (unpaired) electrons. The second-order valence-electron chi connectivity index (χ2n) is 8.63. The van der Waals surface area contributed by atoms with Gasteiger partial charge in [-0.2, -0.15) is 10.4 Å². The number of carbonyl (C=O) groups excluding carboxylic acids is 2. The van der Waals surface area contributed by atoms with Gasteiger partial charge in [-0.05, 0) is 25.0 Å². The Balaban J connectivity index is 1.84. The summed E-state index contributed by atoms with van der Waals surface area (Å²) in [5, 5.41) is 13.5. The minimum Gasteiger partial charge on any atom is -0.449 e. The van der Waals surface area contributed by atoms with E-state index in [1.807, 2.05) is 0 Å². The standard InChI is InChI=1S/C19H14Cl2F7N5O3S/c20-10-3-9(37(24,25,26,27)28)4-11(21)14(10)33-15(31-17(35)36-7-8-5-19(8,22)23)13(12(6-29)32-33)18(1-2-18)16(30)34/h3-4,8H,1-2,5,7H2,(H2,30,34)(H,31,35). The lowest BCUT2D eigenvalue weighted by molar-refractivity contribution is -0.120. The van der Waals surface area contributed by atoms with E-state index in [-0.39, 0.29) is 30.5 Å². The van der Waals surface area contributed by atoms with E-state index in [1.165, 1.54) is 0 Å². The van der Waals surface area contributed by atoms with Crippen molar-refractivity contribution in [3.8, 4) is 11.8 Å². The number of nitrogens with two attached hydrogens (primary N) is 1. The highest BCUT2D eigenvalue weighted by atomic mass is 35.5. The van der Waals surface area contributed by atoms with E-state index >= 15 is 0 Å². The van der Waals surface area contributed by atoms with Crippen LogP contribution >= 0.6 is 33.4 Å². The van der Waals surface area contributed by atoms with Crippen molar-refractivity contribution in [2.45, 2.75) is 35.5 Å². The van der Waals surface area contributed by atoms with E-state index in [0.29, 0.717) is 4.68 Å². The molecule has 2 aliphatic carbocycles. The molecule has 1 heterocycles. The molecule has 3 N–H and O–H groups in total. The molecule has 1 unspecified atom stereocenters. The van der Waals surface area contributed by atoms with Gasteiger partial charge in [-0.1, -0.05) is 42.6 Å². The quantitative estimate of drug-likeness (QED) is 0.357. The van der Waals surface area contributed by atoms with Crippen LogP contribution in [0.25, 0.3) is 5.69 Å². The van der Waals surface area contributed by atoms with E-state index < -0.39 is 84.6 Å². The lowest BCUT2D eigenvalue weighted by Crippen LogP contribution is -2.30. The third-order valence-corrected chi connectivity index (χ3v) is 7.63. The number of ether oxygens (including phenoxy) is 1. The molecule has 1 atom stereocenters. The number of anilines is 1. The number of alkyl halides is 2. The summed E-state index contributed by atoms with van der Waals surface area (Å²) in [7, 11) is -10.2. The summed E-state index contributed by atoms with van der Waals surface area (Å²) in [6.07, 6.45) is -1.70. The smallest absolute Gasteiger partial charge is 0.412 e. The fourth-order valence-electron chi connectivity index (χ4n) is 3.70. The van der Waals surface area contributed by atoms with Gasteiger partial charge in [0.05, 0.1) is 21.4 Å². The van der Waals surface area contributed by atoms with Crippen molar-refractivity contribution in [1.29, 1.82) is 5.26 Å². The van der Waals surface area contributed by atoms with E-state index in [0.717, 1.165) is 0 Å². The number of halogens is 9. The number of nitrogens with one attached hydrogen (secondary N) is 1. The number of hydrogen-bond acceptors (Lipinski definition) is 5. The lowest BCUT2D eigenvalue weighted by atomic mass is 9.94. The summed E-state index contributed by atoms with van der Waals surface area (Å²) >= 11 is 11.8. The highest BCUT2D eigenvalue weighted by Gasteiger charge is 2.66. The van der Waals surface area contributed by atoms with Crippen molar-refractivity contribution in [2.24, 2.45) is 11.7 Å². The molecule has 2 aliphatic rings. The minimum absolute atomic E-state index is 0.0886. The summed E-state index contributed by atoms with van der Waals surface area (Å²) in [6, 6.07) is 1.42. The van der Waals surface area contributed by atoms with E-state index in [2.05, 4.69) is 10.4 Å². The van der Waals surface area contributed by atoms with Gasteiger partial charge in [0.1, 0.15) is 29.1 Å². The maximum atomic E-state index is 13.3. The van der Waals surface area contributed by atoms with Gasteiger partial charge >= 0.3 is 16.3 Å². The predicted octanol–water partition coefficient (Wildman–Crippen LogP) is 6.43. The van der Waals surface area contributed by atoms with Gasteiger partial charge in [-0.3, -0.25) is 10.1 Å².